The van der Waals surface area contributed by atoms with Gasteiger partial charge in [-0.05, 0) is 25.5 Å². The Bertz CT molecular complexity index is 248. The standard InChI is InChI=1S/C8H12N2O/c1-3-11-8-7(9)6(2)4-5-10-8/h4-5H,3,9H2,1-2H3. The van der Waals surface area contributed by atoms with Crippen molar-refractivity contribution in [1.82, 2.24) is 4.98 Å². The first-order valence-electron chi connectivity index (χ1n) is 3.59. The number of rotatable bonds is 2. The number of ether oxygens (including phenoxy) is 1. The summed E-state index contributed by atoms with van der Waals surface area (Å²) < 4.78 is 5.18. The minimum Gasteiger partial charge on any atom is -0.476 e. The molecule has 11 heavy (non-hydrogen) atoms. The summed E-state index contributed by atoms with van der Waals surface area (Å²) in [5.74, 6) is 0.535. The third-order valence-corrected chi connectivity index (χ3v) is 1.45. The molecule has 0 unspecified atom stereocenters. The molecule has 1 aromatic rings. The largest absolute Gasteiger partial charge is 0.476 e. The lowest BCUT2D eigenvalue weighted by atomic mass is 10.2. The van der Waals surface area contributed by atoms with Crippen LogP contribution in [0.15, 0.2) is 12.3 Å². The molecule has 1 rings (SSSR count). The van der Waals surface area contributed by atoms with Crippen molar-refractivity contribution in [2.45, 2.75) is 13.8 Å². The fraction of sp³-hybridized carbons (Fsp3) is 0.375. The topological polar surface area (TPSA) is 48.1 Å². The van der Waals surface area contributed by atoms with E-state index in [4.69, 9.17) is 10.5 Å². The average Bonchev–Trinajstić information content (AvgIpc) is 1.99. The van der Waals surface area contributed by atoms with E-state index in [2.05, 4.69) is 4.98 Å². The van der Waals surface area contributed by atoms with Gasteiger partial charge in [0.15, 0.2) is 0 Å². The first-order valence-corrected chi connectivity index (χ1v) is 3.59. The van der Waals surface area contributed by atoms with E-state index in [9.17, 15) is 0 Å². The molecule has 0 bridgehead atoms. The van der Waals surface area contributed by atoms with Gasteiger partial charge in [0.2, 0.25) is 5.88 Å². The summed E-state index contributed by atoms with van der Waals surface area (Å²) in [6.07, 6.45) is 1.69. The van der Waals surface area contributed by atoms with E-state index in [1.165, 1.54) is 0 Å². The molecular formula is C8H12N2O. The molecule has 60 valence electrons. The summed E-state index contributed by atoms with van der Waals surface area (Å²) in [5.41, 5.74) is 7.32. The highest BCUT2D eigenvalue weighted by atomic mass is 16.5. The van der Waals surface area contributed by atoms with Crippen molar-refractivity contribution in [2.24, 2.45) is 0 Å². The van der Waals surface area contributed by atoms with Crippen LogP contribution in [0.3, 0.4) is 0 Å². The number of nitrogens with two attached hydrogens (primary N) is 1. The Morgan fingerprint density at radius 3 is 3.00 bits per heavy atom. The van der Waals surface area contributed by atoms with Crippen LogP contribution in [0.25, 0.3) is 0 Å². The van der Waals surface area contributed by atoms with Gasteiger partial charge in [0.25, 0.3) is 0 Å². The zero-order valence-electron chi connectivity index (χ0n) is 6.79. The number of anilines is 1. The van der Waals surface area contributed by atoms with E-state index in [-0.39, 0.29) is 0 Å². The molecule has 2 N–H and O–H groups in total. The number of hydrogen-bond acceptors (Lipinski definition) is 3. The third-order valence-electron chi connectivity index (χ3n) is 1.45. The Kier molecular flexibility index (Phi) is 2.31. The molecule has 3 nitrogen and oxygen atoms in total. The number of nitrogen functional groups attached to an aromatic ring is 1. The van der Waals surface area contributed by atoms with Crippen LogP contribution >= 0.6 is 0 Å². The molecule has 0 aliphatic heterocycles. The second kappa shape index (κ2) is 3.23. The van der Waals surface area contributed by atoms with Crippen LogP contribution < -0.4 is 10.5 Å². The van der Waals surface area contributed by atoms with Crippen LogP contribution in [0.2, 0.25) is 0 Å². The Labute approximate surface area is 66.2 Å². The second-order valence-corrected chi connectivity index (χ2v) is 2.28. The molecule has 0 amide bonds. The molecular weight excluding hydrogens is 140 g/mol. The van der Waals surface area contributed by atoms with Crippen LogP contribution in [-0.2, 0) is 0 Å². The van der Waals surface area contributed by atoms with Crippen molar-refractivity contribution >= 4 is 5.69 Å². The molecule has 0 spiro atoms. The van der Waals surface area contributed by atoms with Gasteiger partial charge in [-0.25, -0.2) is 4.98 Å². The molecule has 0 aliphatic rings. The Balaban J connectivity index is 2.96. The molecule has 0 aliphatic carbocycles. The van der Waals surface area contributed by atoms with E-state index < -0.39 is 0 Å². The number of hydrogen-bond donors (Lipinski definition) is 1. The fourth-order valence-corrected chi connectivity index (χ4v) is 0.796. The number of nitrogens with zero attached hydrogens (tertiary/aromatic N) is 1. The molecule has 0 fully saturated rings. The lowest BCUT2D eigenvalue weighted by Crippen LogP contribution is -2.00. The van der Waals surface area contributed by atoms with E-state index in [1.54, 1.807) is 6.20 Å². The molecule has 1 heterocycles. The molecule has 0 saturated carbocycles. The van der Waals surface area contributed by atoms with E-state index in [0.29, 0.717) is 18.2 Å². The highest BCUT2D eigenvalue weighted by molar-refractivity contribution is 5.53. The molecule has 1 aromatic heterocycles. The van der Waals surface area contributed by atoms with E-state index in [0.717, 1.165) is 5.56 Å². The predicted octanol–water partition coefficient (Wildman–Crippen LogP) is 1.37. The predicted molar refractivity (Wildman–Crippen MR) is 44.6 cm³/mol. The molecule has 0 saturated heterocycles. The van der Waals surface area contributed by atoms with Gasteiger partial charge in [-0.3, -0.25) is 0 Å². The van der Waals surface area contributed by atoms with Gasteiger partial charge < -0.3 is 10.5 Å². The van der Waals surface area contributed by atoms with E-state index in [1.807, 2.05) is 19.9 Å². The molecule has 0 aromatic carbocycles. The lowest BCUT2D eigenvalue weighted by molar-refractivity contribution is 0.328. The van der Waals surface area contributed by atoms with Gasteiger partial charge in [-0.2, -0.15) is 0 Å². The SMILES string of the molecule is CCOc1nccc(C)c1N. The van der Waals surface area contributed by atoms with Crippen LogP contribution in [0.1, 0.15) is 12.5 Å². The Morgan fingerprint density at radius 1 is 1.64 bits per heavy atom. The zero-order chi connectivity index (χ0) is 8.27. The maximum Gasteiger partial charge on any atom is 0.237 e. The monoisotopic (exact) mass is 152 g/mol. The molecule has 0 radical (unpaired) electrons. The van der Waals surface area contributed by atoms with Crippen molar-refractivity contribution in [2.75, 3.05) is 12.3 Å². The molecule has 3 heteroatoms. The number of aryl methyl sites for hydroxylation is 1. The van der Waals surface area contributed by atoms with Crippen LogP contribution in [0.4, 0.5) is 5.69 Å². The van der Waals surface area contributed by atoms with Gasteiger partial charge in [0.1, 0.15) is 0 Å². The normalized spacial score (nSPS) is 9.64. The first-order chi connectivity index (χ1) is 5.25. The summed E-state index contributed by atoms with van der Waals surface area (Å²) in [7, 11) is 0. The quantitative estimate of drug-likeness (QED) is 0.696. The van der Waals surface area contributed by atoms with Crippen molar-refractivity contribution in [3.63, 3.8) is 0 Å². The highest BCUT2D eigenvalue weighted by Gasteiger charge is 2.01. The zero-order valence-corrected chi connectivity index (χ0v) is 6.79. The average molecular weight is 152 g/mol. The summed E-state index contributed by atoms with van der Waals surface area (Å²) >= 11 is 0. The maximum absolute atomic E-state index is 5.68. The van der Waals surface area contributed by atoms with Gasteiger partial charge >= 0.3 is 0 Å². The second-order valence-electron chi connectivity index (χ2n) is 2.28. The van der Waals surface area contributed by atoms with Gasteiger partial charge in [-0.1, -0.05) is 0 Å². The van der Waals surface area contributed by atoms with Crippen molar-refractivity contribution < 1.29 is 4.74 Å². The Hall–Kier alpha value is -1.25. The summed E-state index contributed by atoms with van der Waals surface area (Å²) in [6, 6.07) is 1.86. The maximum atomic E-state index is 5.68. The highest BCUT2D eigenvalue weighted by Crippen LogP contribution is 2.20. The minimum absolute atomic E-state index is 0.535. The van der Waals surface area contributed by atoms with E-state index >= 15 is 0 Å². The van der Waals surface area contributed by atoms with Crippen molar-refractivity contribution in [3.05, 3.63) is 17.8 Å². The summed E-state index contributed by atoms with van der Waals surface area (Å²) in [4.78, 5) is 3.98. The number of aromatic nitrogens is 1. The third kappa shape index (κ3) is 1.61. The fourth-order valence-electron chi connectivity index (χ4n) is 0.796. The smallest absolute Gasteiger partial charge is 0.237 e. The van der Waals surface area contributed by atoms with Crippen molar-refractivity contribution in [1.29, 1.82) is 0 Å². The first kappa shape index (κ1) is 7.85. The van der Waals surface area contributed by atoms with Crippen molar-refractivity contribution in [3.8, 4) is 5.88 Å². The van der Waals surface area contributed by atoms with Crippen LogP contribution in [0.5, 0.6) is 5.88 Å². The minimum atomic E-state index is 0.535. The Morgan fingerprint density at radius 2 is 2.36 bits per heavy atom. The lowest BCUT2D eigenvalue weighted by Gasteiger charge is -2.06. The molecule has 0 atom stereocenters. The van der Waals surface area contributed by atoms with Gasteiger partial charge in [0.05, 0.1) is 12.3 Å². The van der Waals surface area contributed by atoms with Gasteiger partial charge in [-0.15, -0.1) is 0 Å². The summed E-state index contributed by atoms with van der Waals surface area (Å²) in [6.45, 7) is 4.43. The van der Waals surface area contributed by atoms with Gasteiger partial charge in [0, 0.05) is 6.20 Å². The summed E-state index contributed by atoms with van der Waals surface area (Å²) in [5, 5.41) is 0. The van der Waals surface area contributed by atoms with Crippen LogP contribution in [0, 0.1) is 6.92 Å². The number of pyridine rings is 1. The van der Waals surface area contributed by atoms with Crippen LogP contribution in [-0.4, -0.2) is 11.6 Å².